The molecule has 0 saturated carbocycles. The van der Waals surface area contributed by atoms with E-state index in [1.807, 2.05) is 192 Å². The van der Waals surface area contributed by atoms with Crippen LogP contribution in [0.1, 0.15) is 55.6 Å². The molecular weight excluding hydrogens is 1120 g/mol. The van der Waals surface area contributed by atoms with Crippen molar-refractivity contribution in [3.63, 3.8) is 0 Å². The highest BCUT2D eigenvalue weighted by atomic mass is 19.2. The first kappa shape index (κ1) is 55.1. The second kappa shape index (κ2) is 21.6. The van der Waals surface area contributed by atoms with Crippen LogP contribution >= 0.6 is 0 Å². The second-order valence-corrected chi connectivity index (χ2v) is 21.9. The Morgan fingerprint density at radius 1 is 0.250 bits per heavy atom. The van der Waals surface area contributed by atoms with Crippen molar-refractivity contribution in [2.24, 2.45) is 0 Å². The molecule has 426 valence electrons. The largest absolute Gasteiger partial charge is 0.310 e. The average molecular weight is 1170 g/mol. The summed E-state index contributed by atoms with van der Waals surface area (Å²) in [5.41, 5.74) is 13.0. The minimum absolute atomic E-state index is 0.306. The number of hydrogen-bond donors (Lipinski definition) is 0. The van der Waals surface area contributed by atoms with Gasteiger partial charge in [0.1, 0.15) is 0 Å². The molecule has 12 aromatic rings. The van der Waals surface area contributed by atoms with Gasteiger partial charge in [0.05, 0.1) is 10.8 Å². The van der Waals surface area contributed by atoms with Gasteiger partial charge < -0.3 is 9.80 Å². The molecule has 0 spiro atoms. The molecule has 2 aliphatic rings. The number of benzene rings is 12. The van der Waals surface area contributed by atoms with E-state index in [4.69, 9.17) is 0 Å². The Balaban J connectivity index is 0.876. The van der Waals surface area contributed by atoms with Gasteiger partial charge in [0.15, 0.2) is 46.5 Å². The fourth-order valence-corrected chi connectivity index (χ4v) is 13.3. The number of rotatable bonds is 13. The van der Waals surface area contributed by atoms with E-state index < -0.39 is 57.4 Å². The molecule has 2 nitrogen and oxygen atoms in total. The van der Waals surface area contributed by atoms with Crippen LogP contribution in [0.2, 0.25) is 0 Å². The lowest BCUT2D eigenvalue weighted by Crippen LogP contribution is -2.29. The SMILES string of the molecule is C=Cc1ccc(C2(c3ccc(F)c(F)c3)c3ccccc3-c3ccc(N(c4ccc(-c5ccc(N(c6ccc(F)c(F)c6)c6ccc7c(c6)C(c6ccc(C=C)cc6)(c6ccc(F)c(F)c6)c6ccccc6-7)cc5)cc4)c4ccc(F)c(F)c4)cc32)cc1. The van der Waals surface area contributed by atoms with Gasteiger partial charge >= 0.3 is 0 Å². The van der Waals surface area contributed by atoms with Crippen LogP contribution in [0.4, 0.5) is 69.2 Å². The summed E-state index contributed by atoms with van der Waals surface area (Å²) in [4.78, 5) is 3.61. The lowest BCUT2D eigenvalue weighted by Gasteiger charge is -2.35. The Morgan fingerprint density at radius 3 is 0.898 bits per heavy atom. The molecule has 10 heteroatoms. The molecular formula is C78H48F8N2. The predicted octanol–water partition coefficient (Wildman–Crippen LogP) is 21.4. The molecule has 0 aromatic heterocycles. The van der Waals surface area contributed by atoms with Crippen LogP contribution in [0.25, 0.3) is 45.5 Å². The molecule has 0 heterocycles. The van der Waals surface area contributed by atoms with E-state index in [0.29, 0.717) is 45.3 Å². The van der Waals surface area contributed by atoms with E-state index in [2.05, 4.69) is 13.2 Å². The van der Waals surface area contributed by atoms with Gasteiger partial charge in [0, 0.05) is 46.3 Å². The van der Waals surface area contributed by atoms with E-state index in [1.54, 1.807) is 24.3 Å². The van der Waals surface area contributed by atoms with Gasteiger partial charge in [0.25, 0.3) is 0 Å². The van der Waals surface area contributed by atoms with Crippen molar-refractivity contribution in [3.05, 3.63) is 370 Å². The molecule has 0 bridgehead atoms. The second-order valence-electron chi connectivity index (χ2n) is 21.9. The Bertz CT molecular complexity index is 4470. The summed E-state index contributed by atoms with van der Waals surface area (Å²) in [6, 6.07) is 73.1. The Labute approximate surface area is 503 Å². The van der Waals surface area contributed by atoms with E-state index in [1.165, 1.54) is 24.3 Å². The van der Waals surface area contributed by atoms with Crippen molar-refractivity contribution < 1.29 is 35.1 Å². The smallest absolute Gasteiger partial charge is 0.160 e. The standard InChI is InChI=1S/C78H48F8N2/c1-3-47-13-21-51(22-14-47)77(53-25-37-69(79)73(83)41-53)65-11-7-5-9-61(65)63-35-31-57(43-67(63)77)87(59-33-39-71(81)75(85)45-59)55-27-17-49(18-28-55)50-19-29-56(30-20-50)88(60-34-40-72(82)76(86)46-60)58-32-36-64-62-10-6-8-12-66(62)78(68(64)44-58,52-23-15-48(4-2)16-24-52)54-26-38-70(80)74(84)42-54/h3-46H,1-2H2. The lowest BCUT2D eigenvalue weighted by atomic mass is 9.67. The molecule has 0 saturated heterocycles. The van der Waals surface area contributed by atoms with Gasteiger partial charge in [-0.1, -0.05) is 171 Å². The maximum Gasteiger partial charge on any atom is 0.160 e. The zero-order valence-electron chi connectivity index (χ0n) is 46.7. The van der Waals surface area contributed by atoms with Crippen molar-refractivity contribution in [1.82, 2.24) is 0 Å². The highest BCUT2D eigenvalue weighted by molar-refractivity contribution is 5.92. The normalized spacial score (nSPS) is 15.2. The van der Waals surface area contributed by atoms with Gasteiger partial charge in [-0.25, -0.2) is 35.1 Å². The van der Waals surface area contributed by atoms with Crippen molar-refractivity contribution in [3.8, 4) is 33.4 Å². The van der Waals surface area contributed by atoms with Crippen LogP contribution < -0.4 is 9.80 Å². The van der Waals surface area contributed by atoms with Crippen LogP contribution in [0.5, 0.6) is 0 Å². The highest BCUT2D eigenvalue weighted by Gasteiger charge is 2.48. The summed E-state index contributed by atoms with van der Waals surface area (Å²) in [6.45, 7) is 7.88. The molecule has 0 fully saturated rings. The molecule has 0 amide bonds. The molecule has 14 rings (SSSR count). The number of anilines is 6. The maximum absolute atomic E-state index is 15.6. The monoisotopic (exact) mass is 1160 g/mol. The molecule has 2 unspecified atom stereocenters. The van der Waals surface area contributed by atoms with E-state index in [0.717, 1.165) is 114 Å². The number of nitrogens with zero attached hydrogens (tertiary/aromatic N) is 2. The average Bonchev–Trinajstić information content (AvgIpc) is 1.53. The lowest BCUT2D eigenvalue weighted by molar-refractivity contribution is 0.505. The molecule has 2 aliphatic carbocycles. The molecule has 88 heavy (non-hydrogen) atoms. The first-order chi connectivity index (χ1) is 42.8. The maximum atomic E-state index is 15.6. The summed E-state index contributed by atoms with van der Waals surface area (Å²) >= 11 is 0. The quantitative estimate of drug-likeness (QED) is 0.106. The molecule has 12 aromatic carbocycles. The Kier molecular flexibility index (Phi) is 13.5. The summed E-state index contributed by atoms with van der Waals surface area (Å²) < 4.78 is 122. The molecule has 0 radical (unpaired) electrons. The Hall–Kier alpha value is -10.8. The minimum atomic E-state index is -1.17. The number of hydrogen-bond acceptors (Lipinski definition) is 2. The molecule has 0 N–H and O–H groups in total. The fraction of sp³-hybridized carbons (Fsp3) is 0.0256. The van der Waals surface area contributed by atoms with Gasteiger partial charge in [-0.3, -0.25) is 0 Å². The van der Waals surface area contributed by atoms with E-state index in [9.17, 15) is 17.6 Å². The molecule has 2 atom stereocenters. The molecule has 0 aliphatic heterocycles. The zero-order valence-corrected chi connectivity index (χ0v) is 46.7. The van der Waals surface area contributed by atoms with Crippen LogP contribution in [-0.2, 0) is 10.8 Å². The first-order valence-corrected chi connectivity index (χ1v) is 28.4. The number of halogens is 8. The van der Waals surface area contributed by atoms with Gasteiger partial charge in [0.2, 0.25) is 0 Å². The highest BCUT2D eigenvalue weighted by Crippen LogP contribution is 2.59. The van der Waals surface area contributed by atoms with Crippen molar-refractivity contribution in [2.45, 2.75) is 10.8 Å². The van der Waals surface area contributed by atoms with E-state index in [-0.39, 0.29) is 0 Å². The zero-order chi connectivity index (χ0) is 60.6. The fourth-order valence-electron chi connectivity index (χ4n) is 13.3. The van der Waals surface area contributed by atoms with Crippen LogP contribution in [0.15, 0.2) is 268 Å². The Morgan fingerprint density at radius 2 is 0.545 bits per heavy atom. The van der Waals surface area contributed by atoms with Gasteiger partial charge in [-0.15, -0.1) is 0 Å². The van der Waals surface area contributed by atoms with Crippen molar-refractivity contribution in [2.75, 3.05) is 9.80 Å². The number of fused-ring (bicyclic) bond motifs is 6. The summed E-state index contributed by atoms with van der Waals surface area (Å²) in [6.07, 6.45) is 3.45. The third kappa shape index (κ3) is 8.77. The third-order valence-corrected chi connectivity index (χ3v) is 17.3. The first-order valence-electron chi connectivity index (χ1n) is 28.4. The predicted molar refractivity (Wildman–Crippen MR) is 336 cm³/mol. The minimum Gasteiger partial charge on any atom is -0.310 e. The summed E-state index contributed by atoms with van der Waals surface area (Å²) in [5, 5.41) is 0. The van der Waals surface area contributed by atoms with Crippen LogP contribution in [0, 0.1) is 46.5 Å². The van der Waals surface area contributed by atoms with E-state index >= 15 is 17.6 Å². The van der Waals surface area contributed by atoms with Crippen molar-refractivity contribution in [1.29, 1.82) is 0 Å². The topological polar surface area (TPSA) is 6.48 Å². The summed E-state index contributed by atoms with van der Waals surface area (Å²) in [5.74, 6) is -8.18. The van der Waals surface area contributed by atoms with Gasteiger partial charge in [-0.05, 0) is 186 Å². The third-order valence-electron chi connectivity index (χ3n) is 17.3. The summed E-state index contributed by atoms with van der Waals surface area (Å²) in [7, 11) is 0. The van der Waals surface area contributed by atoms with Gasteiger partial charge in [-0.2, -0.15) is 0 Å². The van der Waals surface area contributed by atoms with Crippen molar-refractivity contribution >= 4 is 46.3 Å². The van der Waals surface area contributed by atoms with Crippen LogP contribution in [-0.4, -0.2) is 0 Å². The van der Waals surface area contributed by atoms with Crippen LogP contribution in [0.3, 0.4) is 0 Å².